The molecule has 1 aliphatic rings. The highest BCUT2D eigenvalue weighted by Gasteiger charge is 2.20. The first-order valence-corrected chi connectivity index (χ1v) is 7.29. The molecule has 1 fully saturated rings. The Morgan fingerprint density at radius 3 is 2.44 bits per heavy atom. The van der Waals surface area contributed by atoms with E-state index in [0.717, 1.165) is 16.7 Å². The number of halogens is 1. The Kier molecular flexibility index (Phi) is 4.78. The molecule has 18 heavy (non-hydrogen) atoms. The molecule has 2 rings (SSSR count). The van der Waals surface area contributed by atoms with Crippen molar-refractivity contribution >= 4 is 22.4 Å². The molecular weight excluding hydrogens is 272 g/mol. The standard InChI is InChI=1S/C12H18N2O2S.ClH/c1-8-5-10(7-14-11-3-4-11)6-12(9(8)2)17(13,15)16;/h5-6,11,14H,3-4,7H2,1-2H3,(H2,13,15,16);1H. The second-order valence-corrected chi connectivity index (χ2v) is 6.27. The molecule has 4 nitrogen and oxygen atoms in total. The number of primary sulfonamides is 1. The predicted octanol–water partition coefficient (Wildman–Crippen LogP) is 1.62. The van der Waals surface area contributed by atoms with Gasteiger partial charge in [0.15, 0.2) is 0 Å². The quantitative estimate of drug-likeness (QED) is 0.885. The highest BCUT2D eigenvalue weighted by atomic mass is 35.5. The fraction of sp³-hybridized carbons (Fsp3) is 0.500. The first-order chi connectivity index (χ1) is 7.88. The minimum atomic E-state index is -3.63. The van der Waals surface area contributed by atoms with Crippen LogP contribution in [0, 0.1) is 13.8 Å². The Bertz CT molecular complexity index is 539. The molecule has 0 aromatic heterocycles. The van der Waals surface area contributed by atoms with E-state index in [9.17, 15) is 8.42 Å². The van der Waals surface area contributed by atoms with Crippen LogP contribution in [-0.2, 0) is 16.6 Å². The summed E-state index contributed by atoms with van der Waals surface area (Å²) in [6, 6.07) is 4.29. The van der Waals surface area contributed by atoms with E-state index in [-0.39, 0.29) is 17.3 Å². The molecule has 0 atom stereocenters. The largest absolute Gasteiger partial charge is 0.310 e. The Labute approximate surface area is 114 Å². The van der Waals surface area contributed by atoms with Crippen molar-refractivity contribution in [1.82, 2.24) is 5.32 Å². The van der Waals surface area contributed by atoms with E-state index in [1.165, 1.54) is 12.8 Å². The van der Waals surface area contributed by atoms with Crippen molar-refractivity contribution < 1.29 is 8.42 Å². The van der Waals surface area contributed by atoms with Crippen molar-refractivity contribution in [2.75, 3.05) is 0 Å². The van der Waals surface area contributed by atoms with Crippen LogP contribution in [0.4, 0.5) is 0 Å². The summed E-state index contributed by atoms with van der Waals surface area (Å²) in [7, 11) is -3.63. The van der Waals surface area contributed by atoms with Gasteiger partial charge in [-0.25, -0.2) is 13.6 Å². The van der Waals surface area contributed by atoms with Crippen LogP contribution in [0.2, 0.25) is 0 Å². The number of hydrogen-bond acceptors (Lipinski definition) is 3. The van der Waals surface area contributed by atoms with Crippen LogP contribution in [0.5, 0.6) is 0 Å². The molecule has 102 valence electrons. The molecule has 0 spiro atoms. The number of aryl methyl sites for hydroxylation is 1. The van der Waals surface area contributed by atoms with Crippen molar-refractivity contribution in [3.63, 3.8) is 0 Å². The number of hydrogen-bond donors (Lipinski definition) is 2. The minimum Gasteiger partial charge on any atom is -0.310 e. The summed E-state index contributed by atoms with van der Waals surface area (Å²) in [5.41, 5.74) is 2.68. The van der Waals surface area contributed by atoms with Crippen molar-refractivity contribution in [1.29, 1.82) is 0 Å². The lowest BCUT2D eigenvalue weighted by Gasteiger charge is -2.11. The zero-order chi connectivity index (χ0) is 12.6. The van der Waals surface area contributed by atoms with E-state index >= 15 is 0 Å². The van der Waals surface area contributed by atoms with Gasteiger partial charge in [-0.15, -0.1) is 12.4 Å². The van der Waals surface area contributed by atoms with Crippen LogP contribution < -0.4 is 10.5 Å². The summed E-state index contributed by atoms with van der Waals surface area (Å²) in [6.07, 6.45) is 2.43. The topological polar surface area (TPSA) is 72.2 Å². The van der Waals surface area contributed by atoms with Crippen LogP contribution >= 0.6 is 12.4 Å². The number of rotatable bonds is 4. The SMILES string of the molecule is Cc1cc(CNC2CC2)cc(S(N)(=O)=O)c1C.Cl. The van der Waals surface area contributed by atoms with Gasteiger partial charge in [0.1, 0.15) is 0 Å². The lowest BCUT2D eigenvalue weighted by atomic mass is 10.1. The van der Waals surface area contributed by atoms with Crippen LogP contribution in [0.15, 0.2) is 17.0 Å². The van der Waals surface area contributed by atoms with Crippen molar-refractivity contribution in [3.05, 3.63) is 28.8 Å². The molecule has 3 N–H and O–H groups in total. The fourth-order valence-corrected chi connectivity index (χ4v) is 2.75. The molecule has 0 saturated heterocycles. The lowest BCUT2D eigenvalue weighted by molar-refractivity contribution is 0.596. The third-order valence-electron chi connectivity index (χ3n) is 3.16. The third kappa shape index (κ3) is 3.68. The Morgan fingerprint density at radius 2 is 1.94 bits per heavy atom. The van der Waals surface area contributed by atoms with Gasteiger partial charge in [-0.2, -0.15) is 0 Å². The molecule has 1 aromatic rings. The smallest absolute Gasteiger partial charge is 0.238 e. The lowest BCUT2D eigenvalue weighted by Crippen LogP contribution is -2.18. The second kappa shape index (κ2) is 5.57. The molecule has 0 unspecified atom stereocenters. The van der Waals surface area contributed by atoms with Crippen LogP contribution in [0.1, 0.15) is 29.5 Å². The summed E-state index contributed by atoms with van der Waals surface area (Å²) in [5, 5.41) is 8.58. The van der Waals surface area contributed by atoms with Gasteiger partial charge in [0.25, 0.3) is 0 Å². The van der Waals surface area contributed by atoms with E-state index < -0.39 is 10.0 Å². The van der Waals surface area contributed by atoms with Crippen molar-refractivity contribution in [3.8, 4) is 0 Å². The van der Waals surface area contributed by atoms with Gasteiger partial charge in [-0.1, -0.05) is 6.07 Å². The van der Waals surface area contributed by atoms with Gasteiger partial charge in [0.05, 0.1) is 4.90 Å². The molecule has 0 radical (unpaired) electrons. The zero-order valence-electron chi connectivity index (χ0n) is 10.6. The first-order valence-electron chi connectivity index (χ1n) is 5.74. The van der Waals surface area contributed by atoms with E-state index in [1.54, 1.807) is 13.0 Å². The van der Waals surface area contributed by atoms with E-state index in [1.807, 2.05) is 13.0 Å². The molecule has 1 saturated carbocycles. The molecular formula is C12H19ClN2O2S. The van der Waals surface area contributed by atoms with Gasteiger partial charge in [-0.05, 0) is 49.4 Å². The number of sulfonamides is 1. The number of nitrogens with one attached hydrogen (secondary N) is 1. The molecule has 0 amide bonds. The predicted molar refractivity (Wildman–Crippen MR) is 74.4 cm³/mol. The summed E-state index contributed by atoms with van der Waals surface area (Å²) >= 11 is 0. The minimum absolute atomic E-state index is 0. The average Bonchev–Trinajstić information content (AvgIpc) is 3.01. The van der Waals surface area contributed by atoms with Gasteiger partial charge >= 0.3 is 0 Å². The first kappa shape index (κ1) is 15.4. The average molecular weight is 291 g/mol. The summed E-state index contributed by atoms with van der Waals surface area (Å²) in [6.45, 7) is 4.39. The molecule has 0 bridgehead atoms. The van der Waals surface area contributed by atoms with Crippen LogP contribution in [-0.4, -0.2) is 14.5 Å². The van der Waals surface area contributed by atoms with Crippen molar-refractivity contribution in [2.24, 2.45) is 5.14 Å². The summed E-state index contributed by atoms with van der Waals surface area (Å²) in [4.78, 5) is 0.241. The molecule has 6 heteroatoms. The highest BCUT2D eigenvalue weighted by molar-refractivity contribution is 7.89. The van der Waals surface area contributed by atoms with Gasteiger partial charge in [-0.3, -0.25) is 0 Å². The molecule has 1 aromatic carbocycles. The van der Waals surface area contributed by atoms with Crippen LogP contribution in [0.25, 0.3) is 0 Å². The summed E-state index contributed by atoms with van der Waals surface area (Å²) < 4.78 is 22.9. The third-order valence-corrected chi connectivity index (χ3v) is 4.20. The van der Waals surface area contributed by atoms with Crippen LogP contribution in [0.3, 0.4) is 0 Å². The van der Waals surface area contributed by atoms with E-state index in [4.69, 9.17) is 5.14 Å². The zero-order valence-corrected chi connectivity index (χ0v) is 12.2. The molecule has 1 aliphatic carbocycles. The Morgan fingerprint density at radius 1 is 1.33 bits per heavy atom. The maximum atomic E-state index is 11.5. The summed E-state index contributed by atoms with van der Waals surface area (Å²) in [5.74, 6) is 0. The van der Waals surface area contributed by atoms with E-state index in [2.05, 4.69) is 5.32 Å². The van der Waals surface area contributed by atoms with Gasteiger partial charge in [0, 0.05) is 12.6 Å². The highest BCUT2D eigenvalue weighted by Crippen LogP contribution is 2.22. The van der Waals surface area contributed by atoms with E-state index in [0.29, 0.717) is 12.6 Å². The Balaban J connectivity index is 0.00000162. The maximum absolute atomic E-state index is 11.5. The number of nitrogens with two attached hydrogens (primary N) is 1. The monoisotopic (exact) mass is 290 g/mol. The van der Waals surface area contributed by atoms with Gasteiger partial charge in [0.2, 0.25) is 10.0 Å². The maximum Gasteiger partial charge on any atom is 0.238 e. The number of benzene rings is 1. The fourth-order valence-electron chi connectivity index (χ4n) is 1.85. The molecule has 0 heterocycles. The second-order valence-electron chi connectivity index (χ2n) is 4.74. The Hall–Kier alpha value is -0.620. The molecule has 0 aliphatic heterocycles. The normalized spacial score (nSPS) is 15.3. The van der Waals surface area contributed by atoms with Gasteiger partial charge < -0.3 is 5.32 Å². The van der Waals surface area contributed by atoms with Crippen molar-refractivity contribution in [2.45, 2.75) is 44.2 Å².